The normalized spacial score (nSPS) is 14.5. The Balaban J connectivity index is 1.90. The van der Waals surface area contributed by atoms with Gasteiger partial charge < -0.3 is 9.64 Å². The lowest BCUT2D eigenvalue weighted by molar-refractivity contribution is 0.0473. The maximum atomic E-state index is 13.0. The fraction of sp³-hybridized carbons (Fsp3) is 0.350. The molecule has 0 bridgehead atoms. The number of hydrogen-bond acceptors (Lipinski definition) is 5. The third kappa shape index (κ3) is 4.34. The number of carbonyl (C=O) groups is 1. The van der Waals surface area contributed by atoms with Crippen molar-refractivity contribution in [3.63, 3.8) is 0 Å². The summed E-state index contributed by atoms with van der Waals surface area (Å²) in [5, 5.41) is 0. The highest BCUT2D eigenvalue weighted by Crippen LogP contribution is 2.29. The van der Waals surface area contributed by atoms with E-state index in [1.54, 1.807) is 6.07 Å². The van der Waals surface area contributed by atoms with Crippen molar-refractivity contribution in [2.75, 3.05) is 32.1 Å². The smallest absolute Gasteiger partial charge is 0.340 e. The summed E-state index contributed by atoms with van der Waals surface area (Å²) in [6.07, 6.45) is 2.03. The van der Waals surface area contributed by atoms with E-state index < -0.39 is 16.0 Å². The van der Waals surface area contributed by atoms with Gasteiger partial charge in [0, 0.05) is 27.2 Å². The largest absolute Gasteiger partial charge is 0.457 e. The Morgan fingerprint density at radius 3 is 2.36 bits per heavy atom. The Hall–Kier alpha value is -2.45. The average Bonchev–Trinajstić information content (AvgIpc) is 3.21. The van der Waals surface area contributed by atoms with Gasteiger partial charge in [0.05, 0.1) is 16.1 Å². The van der Waals surface area contributed by atoms with Crippen LogP contribution in [-0.2, 0) is 21.4 Å². The van der Waals surface area contributed by atoms with Crippen LogP contribution >= 0.6 is 0 Å². The van der Waals surface area contributed by atoms with Crippen molar-refractivity contribution < 1.29 is 22.3 Å². The van der Waals surface area contributed by atoms with Crippen molar-refractivity contribution in [3.05, 3.63) is 59.4 Å². The zero-order valence-corrected chi connectivity index (χ0v) is 16.7. The van der Waals surface area contributed by atoms with Gasteiger partial charge in [0.1, 0.15) is 12.4 Å². The molecule has 0 aliphatic carbocycles. The van der Waals surface area contributed by atoms with E-state index in [0.717, 1.165) is 30.2 Å². The van der Waals surface area contributed by atoms with E-state index in [2.05, 4.69) is 4.90 Å². The van der Waals surface area contributed by atoms with E-state index in [4.69, 9.17) is 4.74 Å². The molecule has 1 saturated heterocycles. The lowest BCUT2D eigenvalue weighted by Gasteiger charge is -2.22. The highest BCUT2D eigenvalue weighted by molar-refractivity contribution is 7.89. The fourth-order valence-electron chi connectivity index (χ4n) is 3.09. The van der Waals surface area contributed by atoms with Crippen molar-refractivity contribution in [1.82, 2.24) is 4.31 Å². The first-order valence-electron chi connectivity index (χ1n) is 9.02. The topological polar surface area (TPSA) is 66.9 Å². The van der Waals surface area contributed by atoms with Crippen LogP contribution in [0.25, 0.3) is 0 Å². The summed E-state index contributed by atoms with van der Waals surface area (Å²) in [6, 6.07) is 10.2. The molecule has 0 amide bonds. The molecule has 150 valence electrons. The van der Waals surface area contributed by atoms with Crippen molar-refractivity contribution in [1.29, 1.82) is 0 Å². The van der Waals surface area contributed by atoms with Crippen LogP contribution in [0.15, 0.2) is 47.4 Å². The van der Waals surface area contributed by atoms with Gasteiger partial charge in [0.15, 0.2) is 0 Å². The Kier molecular flexibility index (Phi) is 6.00. The lowest BCUT2D eigenvalue weighted by Crippen LogP contribution is -2.24. The second-order valence-electron chi connectivity index (χ2n) is 6.86. The zero-order chi connectivity index (χ0) is 20.3. The Bertz CT molecular complexity index is 953. The molecule has 1 fully saturated rings. The molecule has 1 aliphatic rings. The monoisotopic (exact) mass is 406 g/mol. The van der Waals surface area contributed by atoms with Crippen LogP contribution in [0.1, 0.15) is 28.8 Å². The molecule has 0 radical (unpaired) electrons. The van der Waals surface area contributed by atoms with E-state index in [1.807, 2.05) is 0 Å². The molecule has 1 heterocycles. The number of ether oxygens (including phenoxy) is 1. The van der Waals surface area contributed by atoms with E-state index in [0.29, 0.717) is 11.3 Å². The summed E-state index contributed by atoms with van der Waals surface area (Å²) in [4.78, 5) is 14.9. The molecule has 2 aromatic carbocycles. The first-order valence-corrected chi connectivity index (χ1v) is 10.5. The van der Waals surface area contributed by atoms with Crippen LogP contribution in [-0.4, -0.2) is 45.9 Å². The van der Waals surface area contributed by atoms with E-state index in [-0.39, 0.29) is 22.9 Å². The van der Waals surface area contributed by atoms with Gasteiger partial charge >= 0.3 is 5.97 Å². The van der Waals surface area contributed by atoms with Crippen molar-refractivity contribution in [2.45, 2.75) is 24.3 Å². The maximum Gasteiger partial charge on any atom is 0.340 e. The summed E-state index contributed by atoms with van der Waals surface area (Å²) >= 11 is 0. The predicted molar refractivity (Wildman–Crippen MR) is 104 cm³/mol. The second-order valence-corrected chi connectivity index (χ2v) is 9.01. The number of anilines is 1. The van der Waals surface area contributed by atoms with Crippen LogP contribution in [0.4, 0.5) is 10.1 Å². The minimum Gasteiger partial charge on any atom is -0.457 e. The number of hydrogen-bond donors (Lipinski definition) is 0. The summed E-state index contributed by atoms with van der Waals surface area (Å²) in [5.74, 6) is -0.977. The molecule has 28 heavy (non-hydrogen) atoms. The summed E-state index contributed by atoms with van der Waals surface area (Å²) in [7, 11) is -0.798. The molecule has 0 saturated carbocycles. The van der Waals surface area contributed by atoms with Crippen molar-refractivity contribution in [3.8, 4) is 0 Å². The summed E-state index contributed by atoms with van der Waals surface area (Å²) in [6.45, 7) is 1.58. The van der Waals surface area contributed by atoms with Gasteiger partial charge in [0.2, 0.25) is 10.0 Å². The third-order valence-corrected chi connectivity index (χ3v) is 6.51. The summed E-state index contributed by atoms with van der Waals surface area (Å²) in [5.41, 5.74) is 1.53. The van der Waals surface area contributed by atoms with Gasteiger partial charge in [-0.25, -0.2) is 21.9 Å². The minimum absolute atomic E-state index is 0.0246. The predicted octanol–water partition coefficient (Wildman–Crippen LogP) is 3.03. The number of sulfonamides is 1. The number of rotatable bonds is 6. The molecular formula is C20H23FN2O4S. The van der Waals surface area contributed by atoms with Crippen molar-refractivity contribution >= 4 is 21.7 Å². The molecule has 0 unspecified atom stereocenters. The SMILES string of the molecule is CN(C)S(=O)(=O)c1ccc(N2CCCC2)c(C(=O)OCc2ccc(F)cc2)c1. The Morgan fingerprint density at radius 1 is 1.11 bits per heavy atom. The number of carbonyl (C=O) groups excluding carboxylic acids is 1. The molecule has 3 rings (SSSR count). The molecule has 1 aliphatic heterocycles. The standard InChI is InChI=1S/C20H23FN2O4S/c1-22(2)28(25,26)17-9-10-19(23-11-3-4-12-23)18(13-17)20(24)27-14-15-5-7-16(21)8-6-15/h5-10,13H,3-4,11-12,14H2,1-2H3. The Morgan fingerprint density at radius 2 is 1.75 bits per heavy atom. The molecule has 8 heteroatoms. The average molecular weight is 406 g/mol. The summed E-state index contributed by atoms with van der Waals surface area (Å²) < 4.78 is 44.5. The Labute approximate surface area is 164 Å². The second kappa shape index (κ2) is 8.28. The molecule has 0 spiro atoms. The number of halogens is 1. The van der Waals surface area contributed by atoms with Crippen molar-refractivity contribution in [2.24, 2.45) is 0 Å². The first-order chi connectivity index (χ1) is 13.3. The van der Waals surface area contributed by atoms with Gasteiger partial charge in [-0.2, -0.15) is 0 Å². The molecule has 0 aromatic heterocycles. The highest BCUT2D eigenvalue weighted by atomic mass is 32.2. The number of benzene rings is 2. The molecular weight excluding hydrogens is 383 g/mol. The number of nitrogens with zero attached hydrogens (tertiary/aromatic N) is 2. The van der Waals surface area contributed by atoms with Crippen LogP contribution in [0.3, 0.4) is 0 Å². The van der Waals surface area contributed by atoms with E-state index in [1.165, 1.54) is 50.5 Å². The van der Waals surface area contributed by atoms with Gasteiger partial charge in [-0.3, -0.25) is 0 Å². The van der Waals surface area contributed by atoms with Crippen LogP contribution in [0.2, 0.25) is 0 Å². The first kappa shape index (κ1) is 20.3. The van der Waals surface area contributed by atoms with Gasteiger partial charge in [-0.05, 0) is 48.7 Å². The van der Waals surface area contributed by atoms with E-state index in [9.17, 15) is 17.6 Å². The zero-order valence-electron chi connectivity index (χ0n) is 15.9. The highest BCUT2D eigenvalue weighted by Gasteiger charge is 2.25. The minimum atomic E-state index is -3.68. The lowest BCUT2D eigenvalue weighted by atomic mass is 10.1. The van der Waals surface area contributed by atoms with Crippen LogP contribution in [0, 0.1) is 5.82 Å². The maximum absolute atomic E-state index is 13.0. The molecule has 6 nitrogen and oxygen atoms in total. The van der Waals surface area contributed by atoms with E-state index >= 15 is 0 Å². The molecule has 0 atom stereocenters. The molecule has 2 aromatic rings. The number of esters is 1. The third-order valence-electron chi connectivity index (χ3n) is 4.70. The van der Waals surface area contributed by atoms with Gasteiger partial charge in [-0.15, -0.1) is 0 Å². The fourth-order valence-corrected chi connectivity index (χ4v) is 4.02. The van der Waals surface area contributed by atoms with Gasteiger partial charge in [-0.1, -0.05) is 12.1 Å². The van der Waals surface area contributed by atoms with Crippen LogP contribution in [0.5, 0.6) is 0 Å². The van der Waals surface area contributed by atoms with Gasteiger partial charge in [0.25, 0.3) is 0 Å². The molecule has 0 N–H and O–H groups in total. The van der Waals surface area contributed by atoms with Crippen LogP contribution < -0.4 is 4.90 Å². The quantitative estimate of drug-likeness (QED) is 0.690.